The predicted octanol–water partition coefficient (Wildman–Crippen LogP) is 0.155. The van der Waals surface area contributed by atoms with Gasteiger partial charge in [-0.2, -0.15) is 5.10 Å². The van der Waals surface area contributed by atoms with Gasteiger partial charge in [0.25, 0.3) is 0 Å². The summed E-state index contributed by atoms with van der Waals surface area (Å²) < 4.78 is 1.67. The number of rotatable bonds is 4. The molecule has 0 unspecified atom stereocenters. The van der Waals surface area contributed by atoms with E-state index in [4.69, 9.17) is 10.8 Å². The van der Waals surface area contributed by atoms with Crippen LogP contribution in [0.15, 0.2) is 12.4 Å². The highest BCUT2D eigenvalue weighted by atomic mass is 16.4. The summed E-state index contributed by atoms with van der Waals surface area (Å²) >= 11 is 0. The molecule has 0 amide bonds. The molecule has 5 heteroatoms. The number of hydrogen-bond donors (Lipinski definition) is 2. The van der Waals surface area contributed by atoms with E-state index < -0.39 is 11.5 Å². The van der Waals surface area contributed by atoms with Crippen LogP contribution >= 0.6 is 0 Å². The van der Waals surface area contributed by atoms with Gasteiger partial charge in [0.1, 0.15) is 0 Å². The second-order valence-electron chi connectivity index (χ2n) is 3.92. The number of hydrogen-bond acceptors (Lipinski definition) is 3. The average molecular weight is 197 g/mol. The van der Waals surface area contributed by atoms with Crippen LogP contribution in [0.1, 0.15) is 18.9 Å². The predicted molar refractivity (Wildman–Crippen MR) is 51.8 cm³/mol. The largest absolute Gasteiger partial charge is 0.481 e. The number of aliphatic carboxylic acids is 1. The van der Waals surface area contributed by atoms with E-state index >= 15 is 0 Å². The van der Waals surface area contributed by atoms with Crippen molar-refractivity contribution in [1.29, 1.82) is 0 Å². The van der Waals surface area contributed by atoms with E-state index in [9.17, 15) is 4.79 Å². The molecular formula is C9H15N3O2. The lowest BCUT2D eigenvalue weighted by Gasteiger charge is -2.21. The molecule has 0 radical (unpaired) electrons. The fraction of sp³-hybridized carbons (Fsp3) is 0.556. The second kappa shape index (κ2) is 3.79. The summed E-state index contributed by atoms with van der Waals surface area (Å²) in [6.45, 7) is 1.73. The molecule has 0 aliphatic carbocycles. The van der Waals surface area contributed by atoms with Gasteiger partial charge in [-0.1, -0.05) is 0 Å². The van der Waals surface area contributed by atoms with Gasteiger partial charge >= 0.3 is 5.97 Å². The van der Waals surface area contributed by atoms with Crippen LogP contribution in [0.2, 0.25) is 0 Å². The van der Waals surface area contributed by atoms with Crippen molar-refractivity contribution in [2.24, 2.45) is 12.8 Å². The monoisotopic (exact) mass is 197 g/mol. The maximum atomic E-state index is 10.5. The molecule has 1 aromatic heterocycles. The first-order valence-corrected chi connectivity index (χ1v) is 4.37. The third kappa shape index (κ3) is 3.18. The average Bonchev–Trinajstić information content (AvgIpc) is 2.30. The molecule has 0 bridgehead atoms. The molecule has 0 aliphatic heterocycles. The lowest BCUT2D eigenvalue weighted by atomic mass is 9.92. The van der Waals surface area contributed by atoms with Crippen molar-refractivity contribution < 1.29 is 9.90 Å². The van der Waals surface area contributed by atoms with Crippen LogP contribution in [0.3, 0.4) is 0 Å². The number of nitrogens with two attached hydrogens (primary N) is 1. The highest BCUT2D eigenvalue weighted by Crippen LogP contribution is 2.13. The fourth-order valence-electron chi connectivity index (χ4n) is 1.44. The molecule has 0 aliphatic rings. The summed E-state index contributed by atoms with van der Waals surface area (Å²) in [5.41, 5.74) is 6.08. The molecule has 0 spiro atoms. The lowest BCUT2D eigenvalue weighted by molar-refractivity contribution is -0.138. The van der Waals surface area contributed by atoms with Gasteiger partial charge in [-0.15, -0.1) is 0 Å². The first kappa shape index (κ1) is 10.7. The number of aromatic nitrogens is 2. The van der Waals surface area contributed by atoms with Crippen molar-refractivity contribution in [1.82, 2.24) is 9.78 Å². The summed E-state index contributed by atoms with van der Waals surface area (Å²) in [6.07, 6.45) is 4.02. The zero-order chi connectivity index (χ0) is 10.8. The van der Waals surface area contributed by atoms with Gasteiger partial charge in [0, 0.05) is 18.8 Å². The molecule has 14 heavy (non-hydrogen) atoms. The standard InChI is InChI=1S/C9H15N3O2/c1-9(10,4-8(13)14)3-7-5-11-12(2)6-7/h5-6H,3-4,10H2,1-2H3,(H,13,14)/t9-/m0/s1. The van der Waals surface area contributed by atoms with Crippen LogP contribution in [-0.2, 0) is 18.3 Å². The minimum absolute atomic E-state index is 0.0398. The van der Waals surface area contributed by atoms with E-state index in [2.05, 4.69) is 5.10 Å². The van der Waals surface area contributed by atoms with Crippen LogP contribution in [0.4, 0.5) is 0 Å². The Bertz CT molecular complexity index is 331. The van der Waals surface area contributed by atoms with Crippen molar-refractivity contribution in [3.8, 4) is 0 Å². The number of aryl methyl sites for hydroxylation is 1. The maximum absolute atomic E-state index is 10.5. The quantitative estimate of drug-likeness (QED) is 0.720. The summed E-state index contributed by atoms with van der Waals surface area (Å²) in [6, 6.07) is 0. The van der Waals surface area contributed by atoms with E-state index in [-0.39, 0.29) is 6.42 Å². The summed E-state index contributed by atoms with van der Waals surface area (Å²) in [5, 5.41) is 12.6. The minimum Gasteiger partial charge on any atom is -0.481 e. The number of carbonyl (C=O) groups is 1. The van der Waals surface area contributed by atoms with Gasteiger partial charge in [-0.25, -0.2) is 0 Å². The van der Waals surface area contributed by atoms with Crippen LogP contribution in [0, 0.1) is 0 Å². The molecule has 0 saturated heterocycles. The molecule has 1 aromatic rings. The Morgan fingerprint density at radius 1 is 1.79 bits per heavy atom. The maximum Gasteiger partial charge on any atom is 0.305 e. The molecule has 0 saturated carbocycles. The second-order valence-corrected chi connectivity index (χ2v) is 3.92. The zero-order valence-electron chi connectivity index (χ0n) is 8.40. The SMILES string of the molecule is Cn1cc(C[C@](C)(N)CC(=O)O)cn1. The fourth-order valence-corrected chi connectivity index (χ4v) is 1.44. The van der Waals surface area contributed by atoms with Crippen LogP contribution in [0.25, 0.3) is 0 Å². The smallest absolute Gasteiger partial charge is 0.305 e. The van der Waals surface area contributed by atoms with E-state index in [1.165, 1.54) is 0 Å². The van der Waals surface area contributed by atoms with Gasteiger partial charge in [0.05, 0.1) is 12.6 Å². The molecule has 3 N–H and O–H groups in total. The molecule has 0 aromatic carbocycles. The molecule has 78 valence electrons. The minimum atomic E-state index is -0.876. The van der Waals surface area contributed by atoms with Crippen LogP contribution in [0.5, 0.6) is 0 Å². The Morgan fingerprint density at radius 2 is 2.43 bits per heavy atom. The highest BCUT2D eigenvalue weighted by Gasteiger charge is 2.23. The van der Waals surface area contributed by atoms with E-state index in [0.29, 0.717) is 6.42 Å². The van der Waals surface area contributed by atoms with Gasteiger partial charge in [-0.3, -0.25) is 9.48 Å². The number of carboxylic acid groups (broad SMARTS) is 1. The van der Waals surface area contributed by atoms with Crippen molar-refractivity contribution in [3.05, 3.63) is 18.0 Å². The number of nitrogens with zero attached hydrogens (tertiary/aromatic N) is 2. The topological polar surface area (TPSA) is 81.1 Å². The molecule has 1 heterocycles. The van der Waals surface area contributed by atoms with Crippen LogP contribution < -0.4 is 5.73 Å². The summed E-state index contributed by atoms with van der Waals surface area (Å²) in [7, 11) is 1.81. The van der Waals surface area contributed by atoms with Gasteiger partial charge in [0.2, 0.25) is 0 Å². The van der Waals surface area contributed by atoms with E-state index in [0.717, 1.165) is 5.56 Å². The Hall–Kier alpha value is -1.36. The Balaban J connectivity index is 2.63. The van der Waals surface area contributed by atoms with E-state index in [1.54, 1.807) is 17.8 Å². The van der Waals surface area contributed by atoms with Crippen molar-refractivity contribution in [2.45, 2.75) is 25.3 Å². The normalized spacial score (nSPS) is 15.1. The van der Waals surface area contributed by atoms with Gasteiger partial charge < -0.3 is 10.8 Å². The molecule has 1 rings (SSSR count). The number of carboxylic acids is 1. The molecular weight excluding hydrogens is 182 g/mol. The highest BCUT2D eigenvalue weighted by molar-refractivity contribution is 5.68. The van der Waals surface area contributed by atoms with Crippen molar-refractivity contribution >= 4 is 5.97 Å². The third-order valence-electron chi connectivity index (χ3n) is 1.92. The molecule has 5 nitrogen and oxygen atoms in total. The van der Waals surface area contributed by atoms with Gasteiger partial charge in [-0.05, 0) is 18.9 Å². The first-order chi connectivity index (χ1) is 6.39. The van der Waals surface area contributed by atoms with Crippen molar-refractivity contribution in [2.75, 3.05) is 0 Å². The van der Waals surface area contributed by atoms with Crippen LogP contribution in [-0.4, -0.2) is 26.4 Å². The Morgan fingerprint density at radius 3 is 2.86 bits per heavy atom. The van der Waals surface area contributed by atoms with E-state index in [1.807, 2.05) is 13.2 Å². The summed E-state index contributed by atoms with van der Waals surface area (Å²) in [4.78, 5) is 10.5. The molecule has 1 atom stereocenters. The Labute approximate surface area is 82.5 Å². The summed E-state index contributed by atoms with van der Waals surface area (Å²) in [5.74, 6) is -0.876. The van der Waals surface area contributed by atoms with Crippen molar-refractivity contribution in [3.63, 3.8) is 0 Å². The lowest BCUT2D eigenvalue weighted by Crippen LogP contribution is -2.40. The molecule has 0 fully saturated rings. The third-order valence-corrected chi connectivity index (χ3v) is 1.92. The van der Waals surface area contributed by atoms with Gasteiger partial charge in [0.15, 0.2) is 0 Å². The Kier molecular flexibility index (Phi) is 2.90. The zero-order valence-corrected chi connectivity index (χ0v) is 8.40. The first-order valence-electron chi connectivity index (χ1n) is 4.37.